The minimum absolute atomic E-state index is 0.0502. The van der Waals surface area contributed by atoms with Crippen molar-refractivity contribution >= 4 is 51.5 Å². The molecule has 0 aliphatic rings. The van der Waals surface area contributed by atoms with Gasteiger partial charge in [-0.3, -0.25) is 20.2 Å². The van der Waals surface area contributed by atoms with Gasteiger partial charge in [0.05, 0.1) is 18.1 Å². The van der Waals surface area contributed by atoms with E-state index >= 15 is 0 Å². The number of fused-ring (bicyclic) bond motifs is 1. The van der Waals surface area contributed by atoms with Crippen LogP contribution in [0.1, 0.15) is 5.56 Å². The molecule has 3 aromatic rings. The SMILES string of the molecule is COc1ccc(NC(=S)NC(=O)/C=C/c2cccc3ccccc23)c([N+](=O)[O-])c1. The van der Waals surface area contributed by atoms with Crippen molar-refractivity contribution < 1.29 is 14.5 Å². The summed E-state index contributed by atoms with van der Waals surface area (Å²) in [6, 6.07) is 17.9. The maximum Gasteiger partial charge on any atom is 0.296 e. The molecule has 1 amide bonds. The number of benzene rings is 3. The largest absolute Gasteiger partial charge is 0.496 e. The van der Waals surface area contributed by atoms with Gasteiger partial charge in [-0.25, -0.2) is 0 Å². The van der Waals surface area contributed by atoms with Gasteiger partial charge in [-0.15, -0.1) is 0 Å². The number of rotatable bonds is 5. The molecule has 3 rings (SSSR count). The van der Waals surface area contributed by atoms with E-state index in [4.69, 9.17) is 17.0 Å². The number of ether oxygens (including phenoxy) is 1. The summed E-state index contributed by atoms with van der Waals surface area (Å²) >= 11 is 5.10. The third kappa shape index (κ3) is 4.94. The Kier molecular flexibility index (Phi) is 6.16. The minimum atomic E-state index is -0.560. The van der Waals surface area contributed by atoms with Crippen LogP contribution in [0.5, 0.6) is 5.75 Å². The number of nitro groups is 1. The molecule has 0 aliphatic heterocycles. The fourth-order valence-corrected chi connectivity index (χ4v) is 2.97. The summed E-state index contributed by atoms with van der Waals surface area (Å²) in [4.78, 5) is 22.9. The summed E-state index contributed by atoms with van der Waals surface area (Å²) in [5, 5.41) is 18.4. The summed E-state index contributed by atoms with van der Waals surface area (Å²) in [6.07, 6.45) is 3.05. The van der Waals surface area contributed by atoms with Crippen molar-refractivity contribution in [3.63, 3.8) is 0 Å². The van der Waals surface area contributed by atoms with Crippen molar-refractivity contribution in [1.82, 2.24) is 5.32 Å². The van der Waals surface area contributed by atoms with Crippen molar-refractivity contribution in [3.8, 4) is 5.75 Å². The molecule has 8 heteroatoms. The van der Waals surface area contributed by atoms with Crippen LogP contribution in [-0.4, -0.2) is 23.1 Å². The second kappa shape index (κ2) is 8.94. The van der Waals surface area contributed by atoms with Crippen LogP contribution in [0.15, 0.2) is 66.7 Å². The predicted molar refractivity (Wildman–Crippen MR) is 117 cm³/mol. The van der Waals surface area contributed by atoms with E-state index in [0.717, 1.165) is 16.3 Å². The molecular formula is C21H17N3O4S. The van der Waals surface area contributed by atoms with Crippen molar-refractivity contribution in [3.05, 3.63) is 82.4 Å². The Morgan fingerprint density at radius 3 is 2.66 bits per heavy atom. The van der Waals surface area contributed by atoms with Crippen LogP contribution in [0.4, 0.5) is 11.4 Å². The Hall–Kier alpha value is -3.78. The molecule has 0 fully saturated rings. The van der Waals surface area contributed by atoms with Gasteiger partial charge in [0.15, 0.2) is 5.11 Å². The van der Waals surface area contributed by atoms with E-state index in [1.165, 1.54) is 25.3 Å². The third-order valence-corrected chi connectivity index (χ3v) is 4.33. The molecule has 0 heterocycles. The Morgan fingerprint density at radius 2 is 1.90 bits per heavy atom. The minimum Gasteiger partial charge on any atom is -0.496 e. The Labute approximate surface area is 172 Å². The highest BCUT2D eigenvalue weighted by Gasteiger charge is 2.16. The lowest BCUT2D eigenvalue weighted by atomic mass is 10.0. The molecule has 3 aromatic carbocycles. The van der Waals surface area contributed by atoms with E-state index in [0.29, 0.717) is 5.75 Å². The predicted octanol–water partition coefficient (Wildman–Crippen LogP) is 4.28. The molecule has 0 saturated heterocycles. The smallest absolute Gasteiger partial charge is 0.296 e. The van der Waals surface area contributed by atoms with Gasteiger partial charge >= 0.3 is 0 Å². The maximum atomic E-state index is 12.2. The van der Waals surface area contributed by atoms with Crippen molar-refractivity contribution in [2.24, 2.45) is 0 Å². The molecule has 0 aliphatic carbocycles. The quantitative estimate of drug-likeness (QED) is 0.284. The monoisotopic (exact) mass is 407 g/mol. The zero-order chi connectivity index (χ0) is 20.8. The van der Waals surface area contributed by atoms with E-state index in [2.05, 4.69) is 10.6 Å². The molecule has 0 aromatic heterocycles. The van der Waals surface area contributed by atoms with Crippen LogP contribution < -0.4 is 15.4 Å². The van der Waals surface area contributed by atoms with Crippen LogP contribution in [0.3, 0.4) is 0 Å². The number of hydrogen-bond donors (Lipinski definition) is 2. The number of hydrogen-bond acceptors (Lipinski definition) is 5. The Bertz CT molecular complexity index is 1120. The standard InChI is InChI=1S/C21H17N3O4S/c1-28-16-10-11-18(19(13-16)24(26)27)22-21(29)23-20(25)12-9-15-7-4-6-14-5-2-3-8-17(14)15/h2-13H,1H3,(H2,22,23,25,29)/b12-9+. The van der Waals surface area contributed by atoms with Gasteiger partial charge in [-0.1, -0.05) is 42.5 Å². The number of methoxy groups -OCH3 is 1. The van der Waals surface area contributed by atoms with Crippen LogP contribution in [0.25, 0.3) is 16.8 Å². The molecule has 29 heavy (non-hydrogen) atoms. The molecule has 0 atom stereocenters. The Balaban J connectivity index is 1.69. The first kappa shape index (κ1) is 20.0. The summed E-state index contributed by atoms with van der Waals surface area (Å²) in [5.41, 5.74) is 0.828. The summed E-state index contributed by atoms with van der Waals surface area (Å²) in [7, 11) is 1.42. The lowest BCUT2D eigenvalue weighted by Gasteiger charge is -2.09. The van der Waals surface area contributed by atoms with Gasteiger partial charge in [0.25, 0.3) is 5.69 Å². The molecule has 0 radical (unpaired) electrons. The van der Waals surface area contributed by atoms with Crippen molar-refractivity contribution in [2.45, 2.75) is 0 Å². The van der Waals surface area contributed by atoms with Gasteiger partial charge in [0, 0.05) is 6.08 Å². The van der Waals surface area contributed by atoms with Crippen molar-refractivity contribution in [2.75, 3.05) is 12.4 Å². The zero-order valence-electron chi connectivity index (χ0n) is 15.4. The lowest BCUT2D eigenvalue weighted by molar-refractivity contribution is -0.384. The molecule has 146 valence electrons. The highest BCUT2D eigenvalue weighted by molar-refractivity contribution is 7.80. The van der Waals surface area contributed by atoms with Crippen LogP contribution in [0.2, 0.25) is 0 Å². The van der Waals surface area contributed by atoms with Gasteiger partial charge in [0.1, 0.15) is 11.4 Å². The van der Waals surface area contributed by atoms with Gasteiger partial charge in [-0.05, 0) is 46.8 Å². The fourth-order valence-electron chi connectivity index (χ4n) is 2.76. The van der Waals surface area contributed by atoms with Gasteiger partial charge < -0.3 is 10.1 Å². The zero-order valence-corrected chi connectivity index (χ0v) is 16.2. The number of thiocarbonyl (C=S) groups is 1. The molecule has 0 unspecified atom stereocenters. The Morgan fingerprint density at radius 1 is 1.14 bits per heavy atom. The van der Waals surface area contributed by atoms with E-state index in [-0.39, 0.29) is 16.5 Å². The topological polar surface area (TPSA) is 93.5 Å². The second-order valence-electron chi connectivity index (χ2n) is 5.99. The van der Waals surface area contributed by atoms with E-state index < -0.39 is 10.8 Å². The summed E-state index contributed by atoms with van der Waals surface area (Å²) in [6.45, 7) is 0. The lowest BCUT2D eigenvalue weighted by Crippen LogP contribution is -2.33. The normalized spacial score (nSPS) is 10.7. The average Bonchev–Trinajstić information content (AvgIpc) is 2.72. The number of nitro benzene ring substituents is 1. The third-order valence-electron chi connectivity index (χ3n) is 4.12. The van der Waals surface area contributed by atoms with E-state index in [1.807, 2.05) is 42.5 Å². The fraction of sp³-hybridized carbons (Fsp3) is 0.0476. The number of nitrogens with zero attached hydrogens (tertiary/aromatic N) is 1. The molecule has 7 nitrogen and oxygen atoms in total. The highest BCUT2D eigenvalue weighted by atomic mass is 32.1. The first-order valence-corrected chi connectivity index (χ1v) is 8.99. The molecule has 0 bridgehead atoms. The second-order valence-corrected chi connectivity index (χ2v) is 6.39. The number of carbonyl (C=O) groups excluding carboxylic acids is 1. The highest BCUT2D eigenvalue weighted by Crippen LogP contribution is 2.28. The van der Waals surface area contributed by atoms with Gasteiger partial charge in [0.2, 0.25) is 5.91 Å². The summed E-state index contributed by atoms with van der Waals surface area (Å²) < 4.78 is 4.99. The molecule has 0 spiro atoms. The number of anilines is 1. The first-order chi connectivity index (χ1) is 14.0. The first-order valence-electron chi connectivity index (χ1n) is 8.58. The van der Waals surface area contributed by atoms with Gasteiger partial charge in [-0.2, -0.15) is 0 Å². The van der Waals surface area contributed by atoms with Crippen molar-refractivity contribution in [1.29, 1.82) is 0 Å². The molecule has 2 N–H and O–H groups in total. The number of amides is 1. The van der Waals surface area contributed by atoms with Crippen LogP contribution in [-0.2, 0) is 4.79 Å². The maximum absolute atomic E-state index is 12.2. The molecule has 0 saturated carbocycles. The summed E-state index contributed by atoms with van der Waals surface area (Å²) in [5.74, 6) is -0.109. The number of carbonyl (C=O) groups is 1. The van der Waals surface area contributed by atoms with E-state index in [9.17, 15) is 14.9 Å². The molecular weight excluding hydrogens is 390 g/mol. The van der Waals surface area contributed by atoms with Crippen LogP contribution in [0, 0.1) is 10.1 Å². The average molecular weight is 407 g/mol. The van der Waals surface area contributed by atoms with Crippen LogP contribution >= 0.6 is 12.2 Å². The van der Waals surface area contributed by atoms with E-state index in [1.54, 1.807) is 12.1 Å². The number of nitrogens with one attached hydrogen (secondary N) is 2.